The van der Waals surface area contributed by atoms with Crippen molar-refractivity contribution in [2.24, 2.45) is 11.3 Å². The maximum Gasteiger partial charge on any atom is 0.283 e. The summed E-state index contributed by atoms with van der Waals surface area (Å²) < 4.78 is 71.6. The number of aryl methyl sites for hydroxylation is 1. The van der Waals surface area contributed by atoms with Crippen molar-refractivity contribution in [2.75, 3.05) is 12.8 Å². The van der Waals surface area contributed by atoms with Crippen molar-refractivity contribution in [3.8, 4) is 11.3 Å². The van der Waals surface area contributed by atoms with Crippen molar-refractivity contribution in [2.45, 2.75) is 50.6 Å². The first-order valence-corrected chi connectivity index (χ1v) is 13.1. The molecule has 34 heavy (non-hydrogen) atoms. The van der Waals surface area contributed by atoms with Crippen LogP contribution < -0.4 is 4.72 Å². The van der Waals surface area contributed by atoms with Gasteiger partial charge in [0.2, 0.25) is 15.9 Å². The summed E-state index contributed by atoms with van der Waals surface area (Å²) in [5.41, 5.74) is 1.02. The number of pyridine rings is 1. The van der Waals surface area contributed by atoms with Gasteiger partial charge in [-0.3, -0.25) is 9.78 Å². The number of amides is 1. The molecule has 6 nitrogen and oxygen atoms in total. The van der Waals surface area contributed by atoms with E-state index < -0.39 is 45.8 Å². The maximum absolute atomic E-state index is 15.6. The fourth-order valence-electron chi connectivity index (χ4n) is 5.64. The van der Waals surface area contributed by atoms with Gasteiger partial charge in [0, 0.05) is 11.8 Å². The first kappa shape index (κ1) is 23.3. The number of nitrogens with one attached hydrogen (secondary N) is 1. The molecule has 2 aromatic rings. The minimum absolute atomic E-state index is 0.124. The summed E-state index contributed by atoms with van der Waals surface area (Å²) in [6, 6.07) is 5.07. The van der Waals surface area contributed by atoms with Crippen LogP contribution in [0.5, 0.6) is 0 Å². The largest absolute Gasteiger partial charge is 0.331 e. The van der Waals surface area contributed by atoms with E-state index in [-0.39, 0.29) is 23.5 Å². The van der Waals surface area contributed by atoms with Crippen LogP contribution in [0.3, 0.4) is 0 Å². The van der Waals surface area contributed by atoms with Crippen molar-refractivity contribution >= 4 is 15.9 Å². The summed E-state index contributed by atoms with van der Waals surface area (Å²) >= 11 is 0. The number of hydrogen-bond donors (Lipinski definition) is 1. The molecule has 0 radical (unpaired) electrons. The number of aromatic nitrogens is 1. The van der Waals surface area contributed by atoms with Gasteiger partial charge in [-0.15, -0.1) is 0 Å². The highest BCUT2D eigenvalue weighted by Gasteiger charge is 2.66. The summed E-state index contributed by atoms with van der Waals surface area (Å²) in [6.07, 6.45) is 4.13. The Morgan fingerprint density at radius 1 is 1.24 bits per heavy atom. The van der Waals surface area contributed by atoms with Crippen LogP contribution >= 0.6 is 0 Å². The number of benzene rings is 1. The zero-order valence-corrected chi connectivity index (χ0v) is 19.7. The lowest BCUT2D eigenvalue weighted by Gasteiger charge is -2.61. The molecule has 4 aliphatic rings. The molecule has 3 aliphatic carbocycles. The number of rotatable bonds is 6. The lowest BCUT2D eigenvalue weighted by atomic mass is 9.44. The van der Waals surface area contributed by atoms with E-state index in [0.717, 1.165) is 16.7 Å². The lowest BCUT2D eigenvalue weighted by Crippen LogP contribution is -2.62. The topological polar surface area (TPSA) is 79.4 Å². The molecule has 1 N–H and O–H groups in total. The van der Waals surface area contributed by atoms with E-state index in [0.29, 0.717) is 30.9 Å². The molecule has 2 atom stereocenters. The van der Waals surface area contributed by atoms with E-state index in [1.54, 1.807) is 30.5 Å². The van der Waals surface area contributed by atoms with E-state index in [4.69, 9.17) is 0 Å². The average Bonchev–Trinajstić information content (AvgIpc) is 2.90. The van der Waals surface area contributed by atoms with Crippen LogP contribution in [0.2, 0.25) is 0 Å². The monoisotopic (exact) mass is 493 g/mol. The molecule has 1 aromatic heterocycles. The molecule has 10 heteroatoms. The van der Waals surface area contributed by atoms with Crippen LogP contribution in [0, 0.1) is 24.1 Å². The van der Waals surface area contributed by atoms with Crippen LogP contribution in [-0.4, -0.2) is 55.0 Å². The number of nitrogens with zero attached hydrogens (tertiary/aromatic N) is 2. The van der Waals surface area contributed by atoms with Crippen molar-refractivity contribution in [1.82, 2.24) is 14.6 Å². The standard InChI is InChI=1S/C24H26F3N3O3S/c1-14-6-7-28-18(8-14)17-5-3-4-16(20(17)25)9-19-21(29-34(2,32)33)24(26,27)13-30(19)22(31)23-10-15(11-23)12-23/h3-8,15,19,21,29H,9-13H2,1-2H3/t15?,19-,21+,23?/m0/s1. The predicted octanol–water partition coefficient (Wildman–Crippen LogP) is 3.30. The van der Waals surface area contributed by atoms with Gasteiger partial charge in [-0.2, -0.15) is 0 Å². The Morgan fingerprint density at radius 2 is 1.94 bits per heavy atom. The van der Waals surface area contributed by atoms with E-state index in [1.165, 1.54) is 6.07 Å². The maximum atomic E-state index is 15.6. The van der Waals surface area contributed by atoms with Crippen molar-refractivity contribution < 1.29 is 26.4 Å². The number of carbonyl (C=O) groups is 1. The second-order valence-electron chi connectivity index (χ2n) is 10.1. The molecule has 6 rings (SSSR count). The Labute approximate surface area is 196 Å². The molecule has 0 spiro atoms. The Kier molecular flexibility index (Phi) is 5.33. The molecule has 1 aliphatic heterocycles. The van der Waals surface area contributed by atoms with Gasteiger partial charge in [0.15, 0.2) is 0 Å². The Hall–Kier alpha value is -2.46. The molecule has 3 saturated carbocycles. The molecular weight excluding hydrogens is 467 g/mol. The van der Waals surface area contributed by atoms with Crippen molar-refractivity contribution in [1.29, 1.82) is 0 Å². The second-order valence-corrected chi connectivity index (χ2v) is 11.9. The molecule has 1 amide bonds. The smallest absolute Gasteiger partial charge is 0.283 e. The summed E-state index contributed by atoms with van der Waals surface area (Å²) in [5, 5.41) is 0. The van der Waals surface area contributed by atoms with Gasteiger partial charge in [-0.25, -0.2) is 26.3 Å². The second kappa shape index (κ2) is 7.78. The van der Waals surface area contributed by atoms with Gasteiger partial charge in [-0.05, 0) is 67.9 Å². The van der Waals surface area contributed by atoms with Crippen LogP contribution in [-0.2, 0) is 21.2 Å². The molecule has 0 unspecified atom stereocenters. The first-order chi connectivity index (χ1) is 15.9. The third-order valence-electron chi connectivity index (χ3n) is 7.41. The van der Waals surface area contributed by atoms with Gasteiger partial charge in [0.05, 0.1) is 30.0 Å². The molecule has 4 fully saturated rings. The normalized spacial score (nSPS) is 29.4. The van der Waals surface area contributed by atoms with E-state index in [2.05, 4.69) is 4.98 Å². The lowest BCUT2D eigenvalue weighted by molar-refractivity contribution is -0.178. The van der Waals surface area contributed by atoms with Gasteiger partial charge in [0.1, 0.15) is 11.9 Å². The van der Waals surface area contributed by atoms with Crippen LogP contribution in [0.15, 0.2) is 36.5 Å². The zero-order valence-electron chi connectivity index (χ0n) is 18.9. The Balaban J connectivity index is 1.52. The highest BCUT2D eigenvalue weighted by Crippen LogP contribution is 2.65. The van der Waals surface area contributed by atoms with Gasteiger partial charge in [-0.1, -0.05) is 12.1 Å². The molecular formula is C24H26F3N3O3S. The third-order valence-corrected chi connectivity index (χ3v) is 8.10. The van der Waals surface area contributed by atoms with E-state index in [1.807, 2.05) is 11.6 Å². The van der Waals surface area contributed by atoms with Crippen molar-refractivity contribution in [3.63, 3.8) is 0 Å². The van der Waals surface area contributed by atoms with Crippen LogP contribution in [0.4, 0.5) is 13.2 Å². The Bertz CT molecular complexity index is 1250. The van der Waals surface area contributed by atoms with Crippen LogP contribution in [0.1, 0.15) is 30.4 Å². The minimum atomic E-state index is -4.01. The molecule has 1 saturated heterocycles. The molecule has 1 aromatic carbocycles. The quantitative estimate of drug-likeness (QED) is 0.670. The molecule has 182 valence electrons. The van der Waals surface area contributed by atoms with Crippen molar-refractivity contribution in [3.05, 3.63) is 53.5 Å². The van der Waals surface area contributed by atoms with E-state index in [9.17, 15) is 13.2 Å². The predicted molar refractivity (Wildman–Crippen MR) is 120 cm³/mol. The minimum Gasteiger partial charge on any atom is -0.331 e. The number of sulfonamides is 1. The fourth-order valence-corrected chi connectivity index (χ4v) is 6.43. The van der Waals surface area contributed by atoms with Crippen LogP contribution in [0.25, 0.3) is 11.3 Å². The molecule has 2 bridgehead atoms. The van der Waals surface area contributed by atoms with Gasteiger partial charge < -0.3 is 4.90 Å². The Morgan fingerprint density at radius 3 is 2.53 bits per heavy atom. The average molecular weight is 494 g/mol. The highest BCUT2D eigenvalue weighted by molar-refractivity contribution is 7.88. The van der Waals surface area contributed by atoms with E-state index >= 15 is 13.2 Å². The fraction of sp³-hybridized carbons (Fsp3) is 0.500. The highest BCUT2D eigenvalue weighted by atomic mass is 32.2. The zero-order chi connectivity index (χ0) is 24.5. The summed E-state index contributed by atoms with van der Waals surface area (Å²) in [6.45, 7) is 0.959. The first-order valence-electron chi connectivity index (χ1n) is 11.3. The molecule has 2 heterocycles. The summed E-state index contributed by atoms with van der Waals surface area (Å²) in [7, 11) is -4.01. The summed E-state index contributed by atoms with van der Waals surface area (Å²) in [5.74, 6) is -4.02. The number of halogens is 3. The van der Waals surface area contributed by atoms with Gasteiger partial charge in [0.25, 0.3) is 5.92 Å². The number of likely N-dealkylation sites (tertiary alicyclic amines) is 1. The SMILES string of the molecule is Cc1ccnc(-c2cccc(C[C@H]3[C@@H](NS(C)(=O)=O)C(F)(F)CN3C(=O)C34CC(C3)C4)c2F)c1. The number of hydrogen-bond acceptors (Lipinski definition) is 4. The third kappa shape index (κ3) is 3.90. The summed E-state index contributed by atoms with van der Waals surface area (Å²) in [4.78, 5) is 18.6. The van der Waals surface area contributed by atoms with Gasteiger partial charge >= 0.3 is 0 Å². The number of carbonyl (C=O) groups excluding carboxylic acids is 1. The number of alkyl halides is 2.